The fourth-order valence-electron chi connectivity index (χ4n) is 1.50. The number of carbonyl (C=O) groups excluding carboxylic acids is 1. The second-order valence-corrected chi connectivity index (χ2v) is 3.86. The summed E-state index contributed by atoms with van der Waals surface area (Å²) >= 11 is 0. The molecule has 0 spiro atoms. The minimum absolute atomic E-state index is 0.142. The summed E-state index contributed by atoms with van der Waals surface area (Å²) in [4.78, 5) is 11.8. The zero-order chi connectivity index (χ0) is 14.8. The zero-order valence-electron chi connectivity index (χ0n) is 9.98. The standard InChI is InChI=1S/C12H9F3N4O/c13-12(14,15)8-6-7(3-4-9(8)16)11(20)18-10-2-1-5-17-19-10/h1-6H,16H2,(H,18,19,20). The molecule has 0 aliphatic heterocycles. The van der Waals surface area contributed by atoms with Crippen LogP contribution in [0.4, 0.5) is 24.7 Å². The van der Waals surface area contributed by atoms with E-state index < -0.39 is 23.3 Å². The smallest absolute Gasteiger partial charge is 0.398 e. The van der Waals surface area contributed by atoms with Gasteiger partial charge >= 0.3 is 6.18 Å². The molecule has 0 fully saturated rings. The lowest BCUT2D eigenvalue weighted by Crippen LogP contribution is -2.16. The van der Waals surface area contributed by atoms with E-state index in [0.29, 0.717) is 6.07 Å². The molecule has 20 heavy (non-hydrogen) atoms. The first kappa shape index (κ1) is 13.8. The molecule has 3 N–H and O–H groups in total. The normalized spacial score (nSPS) is 11.2. The van der Waals surface area contributed by atoms with E-state index in [2.05, 4.69) is 15.5 Å². The number of halogens is 3. The predicted molar refractivity (Wildman–Crippen MR) is 65.8 cm³/mol. The van der Waals surface area contributed by atoms with Crippen molar-refractivity contribution in [1.29, 1.82) is 0 Å². The van der Waals surface area contributed by atoms with Crippen LogP contribution in [-0.2, 0) is 6.18 Å². The average molecular weight is 282 g/mol. The third-order valence-corrected chi connectivity index (χ3v) is 2.43. The SMILES string of the molecule is Nc1ccc(C(=O)Nc2cccnn2)cc1C(F)(F)F. The Bertz CT molecular complexity index is 628. The van der Waals surface area contributed by atoms with Gasteiger partial charge in [-0.3, -0.25) is 4.79 Å². The highest BCUT2D eigenvalue weighted by Gasteiger charge is 2.33. The van der Waals surface area contributed by atoms with Gasteiger partial charge in [0.25, 0.3) is 5.91 Å². The summed E-state index contributed by atoms with van der Waals surface area (Å²) < 4.78 is 38.1. The second kappa shape index (κ2) is 5.16. The molecule has 5 nitrogen and oxygen atoms in total. The number of amides is 1. The van der Waals surface area contributed by atoms with Gasteiger partial charge in [0, 0.05) is 17.4 Å². The molecule has 0 unspecified atom stereocenters. The minimum Gasteiger partial charge on any atom is -0.398 e. The highest BCUT2D eigenvalue weighted by atomic mass is 19.4. The van der Waals surface area contributed by atoms with E-state index in [4.69, 9.17) is 5.73 Å². The summed E-state index contributed by atoms with van der Waals surface area (Å²) in [6.45, 7) is 0. The molecule has 2 rings (SSSR count). The molecular formula is C12H9F3N4O. The van der Waals surface area contributed by atoms with Gasteiger partial charge in [-0.05, 0) is 30.3 Å². The third-order valence-electron chi connectivity index (χ3n) is 2.43. The molecule has 1 amide bonds. The summed E-state index contributed by atoms with van der Waals surface area (Å²) in [7, 11) is 0. The maximum atomic E-state index is 12.7. The Labute approximate surface area is 111 Å². The summed E-state index contributed by atoms with van der Waals surface area (Å²) in [5.74, 6) is -0.584. The Kier molecular flexibility index (Phi) is 3.55. The van der Waals surface area contributed by atoms with Crippen molar-refractivity contribution in [2.75, 3.05) is 11.1 Å². The molecule has 104 valence electrons. The van der Waals surface area contributed by atoms with E-state index in [-0.39, 0.29) is 11.4 Å². The quantitative estimate of drug-likeness (QED) is 0.828. The van der Waals surface area contributed by atoms with E-state index in [0.717, 1.165) is 6.07 Å². The van der Waals surface area contributed by atoms with Crippen LogP contribution < -0.4 is 11.1 Å². The number of alkyl halides is 3. The van der Waals surface area contributed by atoms with Crippen molar-refractivity contribution in [2.45, 2.75) is 6.18 Å². The molecule has 0 saturated carbocycles. The van der Waals surface area contributed by atoms with E-state index in [9.17, 15) is 18.0 Å². The minimum atomic E-state index is -4.62. The third kappa shape index (κ3) is 3.02. The number of nitrogens with two attached hydrogens (primary N) is 1. The number of anilines is 2. The molecule has 0 aliphatic rings. The van der Waals surface area contributed by atoms with Crippen molar-refractivity contribution in [3.63, 3.8) is 0 Å². The van der Waals surface area contributed by atoms with Crippen LogP contribution >= 0.6 is 0 Å². The molecule has 1 aromatic heterocycles. The molecule has 8 heteroatoms. The molecule has 0 atom stereocenters. The Balaban J connectivity index is 2.27. The van der Waals surface area contributed by atoms with Crippen molar-refractivity contribution >= 4 is 17.4 Å². The van der Waals surface area contributed by atoms with Crippen molar-refractivity contribution in [2.24, 2.45) is 0 Å². The number of carbonyl (C=O) groups is 1. The maximum Gasteiger partial charge on any atom is 0.418 e. The molecule has 1 heterocycles. The van der Waals surface area contributed by atoms with Crippen molar-refractivity contribution in [3.05, 3.63) is 47.7 Å². The first-order chi connectivity index (χ1) is 9.38. The van der Waals surface area contributed by atoms with Crippen LogP contribution in [0, 0.1) is 0 Å². The molecule has 0 bridgehead atoms. The van der Waals surface area contributed by atoms with E-state index in [1.54, 1.807) is 0 Å². The first-order valence-corrected chi connectivity index (χ1v) is 5.43. The highest BCUT2D eigenvalue weighted by Crippen LogP contribution is 2.34. The summed E-state index contributed by atoms with van der Waals surface area (Å²) in [5, 5.41) is 9.48. The highest BCUT2D eigenvalue weighted by molar-refractivity contribution is 6.04. The number of nitrogens with zero attached hydrogens (tertiary/aromatic N) is 2. The maximum absolute atomic E-state index is 12.7. The number of hydrogen-bond donors (Lipinski definition) is 2. The van der Waals surface area contributed by atoms with Gasteiger partial charge in [-0.15, -0.1) is 5.10 Å². The molecular weight excluding hydrogens is 273 g/mol. The number of hydrogen-bond acceptors (Lipinski definition) is 4. The molecule has 0 radical (unpaired) electrons. The summed E-state index contributed by atoms with van der Waals surface area (Å²) in [5.41, 5.74) is 3.60. The Hall–Kier alpha value is -2.64. The molecule has 1 aromatic carbocycles. The van der Waals surface area contributed by atoms with Crippen LogP contribution in [-0.4, -0.2) is 16.1 Å². The van der Waals surface area contributed by atoms with Crippen LogP contribution in [0.1, 0.15) is 15.9 Å². The topological polar surface area (TPSA) is 80.9 Å². The first-order valence-electron chi connectivity index (χ1n) is 5.43. The van der Waals surface area contributed by atoms with Gasteiger partial charge in [-0.25, -0.2) is 0 Å². The van der Waals surface area contributed by atoms with Gasteiger partial charge < -0.3 is 11.1 Å². The van der Waals surface area contributed by atoms with E-state index >= 15 is 0 Å². The fourth-order valence-corrected chi connectivity index (χ4v) is 1.50. The Morgan fingerprint density at radius 2 is 2.00 bits per heavy atom. The number of nitrogen functional groups attached to an aromatic ring is 1. The van der Waals surface area contributed by atoms with Crippen LogP contribution in [0.5, 0.6) is 0 Å². The zero-order valence-corrected chi connectivity index (χ0v) is 9.98. The summed E-state index contributed by atoms with van der Waals surface area (Å²) in [6.07, 6.45) is -3.21. The fraction of sp³-hybridized carbons (Fsp3) is 0.0833. The van der Waals surface area contributed by atoms with Crippen molar-refractivity contribution in [3.8, 4) is 0 Å². The molecule has 0 aliphatic carbocycles. The van der Waals surface area contributed by atoms with Crippen LogP contribution in [0.25, 0.3) is 0 Å². The van der Waals surface area contributed by atoms with Crippen LogP contribution in [0.3, 0.4) is 0 Å². The van der Waals surface area contributed by atoms with Gasteiger partial charge in [0.05, 0.1) is 5.56 Å². The van der Waals surface area contributed by atoms with Gasteiger partial charge in [-0.2, -0.15) is 18.3 Å². The van der Waals surface area contributed by atoms with Crippen molar-refractivity contribution in [1.82, 2.24) is 10.2 Å². The lowest BCUT2D eigenvalue weighted by molar-refractivity contribution is -0.136. The van der Waals surface area contributed by atoms with Crippen LogP contribution in [0.2, 0.25) is 0 Å². The Morgan fingerprint density at radius 3 is 2.60 bits per heavy atom. The van der Waals surface area contributed by atoms with Gasteiger partial charge in [0.2, 0.25) is 0 Å². The number of benzene rings is 1. The van der Waals surface area contributed by atoms with Gasteiger partial charge in [-0.1, -0.05) is 0 Å². The lowest BCUT2D eigenvalue weighted by Gasteiger charge is -2.11. The number of rotatable bonds is 2. The number of aromatic nitrogens is 2. The Morgan fingerprint density at radius 1 is 1.25 bits per heavy atom. The lowest BCUT2D eigenvalue weighted by atomic mass is 10.1. The molecule has 0 saturated heterocycles. The van der Waals surface area contributed by atoms with Gasteiger partial charge in [0.1, 0.15) is 0 Å². The average Bonchev–Trinajstić information content (AvgIpc) is 2.39. The number of nitrogens with one attached hydrogen (secondary N) is 1. The van der Waals surface area contributed by atoms with E-state index in [1.165, 1.54) is 24.4 Å². The largest absolute Gasteiger partial charge is 0.418 e. The van der Waals surface area contributed by atoms with Crippen molar-refractivity contribution < 1.29 is 18.0 Å². The van der Waals surface area contributed by atoms with Gasteiger partial charge in [0.15, 0.2) is 5.82 Å². The predicted octanol–water partition coefficient (Wildman–Crippen LogP) is 2.33. The van der Waals surface area contributed by atoms with E-state index in [1.807, 2.05) is 0 Å². The molecule has 2 aromatic rings. The second-order valence-electron chi connectivity index (χ2n) is 3.86. The summed E-state index contributed by atoms with van der Waals surface area (Å²) in [6, 6.07) is 5.94. The van der Waals surface area contributed by atoms with Crippen LogP contribution in [0.15, 0.2) is 36.5 Å². The monoisotopic (exact) mass is 282 g/mol.